The van der Waals surface area contributed by atoms with Crippen molar-refractivity contribution in [2.24, 2.45) is 0 Å². The van der Waals surface area contributed by atoms with Crippen molar-refractivity contribution in [3.63, 3.8) is 0 Å². The number of fused-ring (bicyclic) bond motifs is 2. The zero-order valence-corrected chi connectivity index (χ0v) is 7.49. The molecule has 1 aromatic carbocycles. The van der Waals surface area contributed by atoms with Crippen molar-refractivity contribution in [3.8, 4) is 0 Å². The molecule has 0 unspecified atom stereocenters. The molecule has 1 aromatic rings. The quantitative estimate of drug-likeness (QED) is 0.645. The first kappa shape index (κ1) is 6.93. The Hall–Kier alpha value is -0.530. The Morgan fingerprint density at radius 1 is 1.33 bits per heavy atom. The molecule has 1 aliphatic carbocycles. The van der Waals surface area contributed by atoms with E-state index in [-0.39, 0.29) is 5.54 Å². The molecule has 1 aliphatic heterocycles. The Labute approximate surface area is 76.7 Å². The van der Waals surface area contributed by atoms with E-state index in [2.05, 4.69) is 11.4 Å². The van der Waals surface area contributed by atoms with E-state index >= 15 is 0 Å². The molecule has 0 aromatic heterocycles. The summed E-state index contributed by atoms with van der Waals surface area (Å²) in [7, 11) is 0. The highest BCUT2D eigenvalue weighted by Gasteiger charge is 2.49. The van der Waals surface area contributed by atoms with Gasteiger partial charge in [-0.1, -0.05) is 23.7 Å². The van der Waals surface area contributed by atoms with Crippen molar-refractivity contribution in [3.05, 3.63) is 34.3 Å². The molecule has 2 heteroatoms. The van der Waals surface area contributed by atoms with Crippen LogP contribution in [0.5, 0.6) is 0 Å². The molecule has 0 atom stereocenters. The highest BCUT2D eigenvalue weighted by atomic mass is 35.5. The van der Waals surface area contributed by atoms with Gasteiger partial charge in [-0.25, -0.2) is 0 Å². The van der Waals surface area contributed by atoms with Crippen LogP contribution in [0.1, 0.15) is 24.0 Å². The molecule has 0 saturated heterocycles. The average Bonchev–Trinajstić information content (AvgIpc) is 2.71. The minimum atomic E-state index is 0.285. The fraction of sp³-hybridized carbons (Fsp3) is 0.400. The Balaban J connectivity index is 2.26. The van der Waals surface area contributed by atoms with Gasteiger partial charge in [0.05, 0.1) is 0 Å². The minimum absolute atomic E-state index is 0.285. The smallest absolute Gasteiger partial charge is 0.0459 e. The molecule has 1 N–H and O–H groups in total. The number of rotatable bonds is 0. The van der Waals surface area contributed by atoms with E-state index < -0.39 is 0 Å². The van der Waals surface area contributed by atoms with E-state index in [1.807, 2.05) is 12.1 Å². The summed E-state index contributed by atoms with van der Waals surface area (Å²) in [5.41, 5.74) is 3.04. The van der Waals surface area contributed by atoms with E-state index in [1.165, 1.54) is 24.0 Å². The van der Waals surface area contributed by atoms with Gasteiger partial charge >= 0.3 is 0 Å². The first-order valence-corrected chi connectivity index (χ1v) is 4.73. The number of hydrogen-bond donors (Lipinski definition) is 1. The first-order chi connectivity index (χ1) is 5.82. The fourth-order valence-corrected chi connectivity index (χ4v) is 2.53. The van der Waals surface area contributed by atoms with Gasteiger partial charge in [-0.3, -0.25) is 0 Å². The van der Waals surface area contributed by atoms with Crippen LogP contribution in [0.25, 0.3) is 0 Å². The van der Waals surface area contributed by atoms with Crippen molar-refractivity contribution in [2.45, 2.75) is 24.9 Å². The second-order valence-electron chi connectivity index (χ2n) is 3.71. The van der Waals surface area contributed by atoms with Gasteiger partial charge < -0.3 is 5.32 Å². The van der Waals surface area contributed by atoms with E-state index in [0.29, 0.717) is 0 Å². The predicted octanol–water partition coefficient (Wildman–Crippen LogP) is 2.43. The molecule has 1 fully saturated rings. The monoisotopic (exact) mass is 179 g/mol. The predicted molar refractivity (Wildman–Crippen MR) is 49.2 cm³/mol. The second-order valence-corrected chi connectivity index (χ2v) is 4.12. The molecular formula is C10H10ClN. The Bertz CT molecular complexity index is 342. The summed E-state index contributed by atoms with van der Waals surface area (Å²) in [4.78, 5) is 0. The normalized spacial score (nSPS) is 22.8. The van der Waals surface area contributed by atoms with Crippen LogP contribution >= 0.6 is 11.6 Å². The van der Waals surface area contributed by atoms with Crippen LogP contribution in [0.2, 0.25) is 5.02 Å². The molecule has 1 heterocycles. The van der Waals surface area contributed by atoms with Crippen LogP contribution < -0.4 is 5.32 Å². The average molecular weight is 180 g/mol. The van der Waals surface area contributed by atoms with Crippen LogP contribution in [0.4, 0.5) is 0 Å². The van der Waals surface area contributed by atoms with E-state index in [1.54, 1.807) is 0 Å². The van der Waals surface area contributed by atoms with Crippen molar-refractivity contribution in [2.75, 3.05) is 0 Å². The van der Waals surface area contributed by atoms with Crippen LogP contribution in [0.15, 0.2) is 18.2 Å². The summed E-state index contributed by atoms with van der Waals surface area (Å²) in [5.74, 6) is 0. The van der Waals surface area contributed by atoms with Gasteiger partial charge in [-0.05, 0) is 30.0 Å². The molecular weight excluding hydrogens is 170 g/mol. The van der Waals surface area contributed by atoms with Crippen LogP contribution in [-0.2, 0) is 12.1 Å². The van der Waals surface area contributed by atoms with Crippen molar-refractivity contribution in [1.82, 2.24) is 5.32 Å². The molecule has 1 nitrogen and oxygen atoms in total. The Morgan fingerprint density at radius 2 is 2.17 bits per heavy atom. The zero-order valence-electron chi connectivity index (χ0n) is 6.73. The lowest BCUT2D eigenvalue weighted by molar-refractivity contribution is 0.574. The molecule has 12 heavy (non-hydrogen) atoms. The van der Waals surface area contributed by atoms with Gasteiger partial charge in [-0.15, -0.1) is 0 Å². The molecule has 3 rings (SSSR count). The topological polar surface area (TPSA) is 12.0 Å². The third kappa shape index (κ3) is 0.732. The summed E-state index contributed by atoms with van der Waals surface area (Å²) in [5, 5.41) is 4.47. The highest BCUT2D eigenvalue weighted by Crippen LogP contribution is 2.52. The van der Waals surface area contributed by atoms with Gasteiger partial charge in [0.15, 0.2) is 0 Å². The Kier molecular flexibility index (Phi) is 1.18. The lowest BCUT2D eigenvalue weighted by Gasteiger charge is -2.09. The van der Waals surface area contributed by atoms with Crippen molar-refractivity contribution >= 4 is 11.6 Å². The largest absolute Gasteiger partial charge is 0.303 e. The fourth-order valence-electron chi connectivity index (χ4n) is 2.16. The molecule has 1 spiro atoms. The number of nitrogens with one attached hydrogen (secondary N) is 1. The Morgan fingerprint density at radius 3 is 2.92 bits per heavy atom. The van der Waals surface area contributed by atoms with Crippen LogP contribution in [0, 0.1) is 0 Å². The van der Waals surface area contributed by atoms with Crippen molar-refractivity contribution in [1.29, 1.82) is 0 Å². The molecule has 0 radical (unpaired) electrons. The van der Waals surface area contributed by atoms with Crippen molar-refractivity contribution < 1.29 is 0 Å². The maximum Gasteiger partial charge on any atom is 0.0459 e. The third-order valence-corrected chi connectivity index (χ3v) is 3.26. The van der Waals surface area contributed by atoms with Gasteiger partial charge in [0.2, 0.25) is 0 Å². The maximum atomic E-state index is 6.15. The zero-order chi connectivity index (χ0) is 8.18. The number of benzene rings is 1. The number of halogens is 1. The summed E-state index contributed by atoms with van der Waals surface area (Å²) in [6, 6.07) is 6.19. The van der Waals surface area contributed by atoms with Gasteiger partial charge in [0.1, 0.15) is 0 Å². The molecule has 1 saturated carbocycles. The van der Waals surface area contributed by atoms with Crippen LogP contribution in [0.3, 0.4) is 0 Å². The van der Waals surface area contributed by atoms with Gasteiger partial charge in [0.25, 0.3) is 0 Å². The minimum Gasteiger partial charge on any atom is -0.303 e. The lowest BCUT2D eigenvalue weighted by atomic mass is 10.0. The van der Waals surface area contributed by atoms with Crippen LogP contribution in [-0.4, -0.2) is 0 Å². The molecule has 0 bridgehead atoms. The lowest BCUT2D eigenvalue weighted by Crippen LogP contribution is -2.19. The third-order valence-electron chi connectivity index (χ3n) is 2.95. The van der Waals surface area contributed by atoms with E-state index in [9.17, 15) is 0 Å². The molecule has 0 amide bonds. The SMILES string of the molecule is Clc1cccc2c1C1(CC1)NC2. The molecule has 62 valence electrons. The number of hydrogen-bond acceptors (Lipinski definition) is 1. The van der Waals surface area contributed by atoms with E-state index in [0.717, 1.165) is 11.6 Å². The van der Waals surface area contributed by atoms with Gasteiger partial charge in [-0.2, -0.15) is 0 Å². The van der Waals surface area contributed by atoms with E-state index in [4.69, 9.17) is 11.6 Å². The summed E-state index contributed by atoms with van der Waals surface area (Å²) >= 11 is 6.15. The summed E-state index contributed by atoms with van der Waals surface area (Å²) < 4.78 is 0. The summed E-state index contributed by atoms with van der Waals surface area (Å²) in [6.07, 6.45) is 2.51. The standard InChI is InChI=1S/C10H10ClN/c11-8-3-1-2-7-6-12-10(4-5-10)9(7)8/h1-3,12H,4-6H2. The maximum absolute atomic E-state index is 6.15. The highest BCUT2D eigenvalue weighted by molar-refractivity contribution is 6.31. The first-order valence-electron chi connectivity index (χ1n) is 4.35. The summed E-state index contributed by atoms with van der Waals surface area (Å²) in [6.45, 7) is 0.996. The second kappa shape index (κ2) is 2.04. The van der Waals surface area contributed by atoms with Gasteiger partial charge in [0, 0.05) is 17.1 Å². The molecule has 2 aliphatic rings.